The van der Waals surface area contributed by atoms with Gasteiger partial charge in [0.2, 0.25) is 5.91 Å². The lowest BCUT2D eigenvalue weighted by atomic mass is 10.1. The molecule has 2 heterocycles. The first kappa shape index (κ1) is 16.3. The van der Waals surface area contributed by atoms with E-state index in [0.29, 0.717) is 43.0 Å². The fourth-order valence-electron chi connectivity index (χ4n) is 3.59. The van der Waals surface area contributed by atoms with Crippen molar-refractivity contribution in [3.05, 3.63) is 59.7 Å². The maximum atomic E-state index is 12.8. The first-order valence-corrected chi connectivity index (χ1v) is 8.65. The summed E-state index contributed by atoms with van der Waals surface area (Å²) in [5.41, 5.74) is 2.31. The summed E-state index contributed by atoms with van der Waals surface area (Å²) in [5, 5.41) is 0. The predicted octanol–water partition coefficient (Wildman–Crippen LogP) is 2.16. The summed E-state index contributed by atoms with van der Waals surface area (Å²) in [5.74, 6) is -0.515. The Bertz CT molecular complexity index is 866. The summed E-state index contributed by atoms with van der Waals surface area (Å²) in [4.78, 5) is 42.4. The number of hydrogen-bond acceptors (Lipinski definition) is 4. The first-order chi connectivity index (χ1) is 12.6. The van der Waals surface area contributed by atoms with Gasteiger partial charge in [0.15, 0.2) is 0 Å². The molecular formula is C20H19N3O3. The normalized spacial score (nSPS) is 16.9. The molecule has 6 heteroatoms. The van der Waals surface area contributed by atoms with Crippen LogP contribution in [0.2, 0.25) is 0 Å². The molecule has 3 amide bonds. The molecule has 2 aromatic carbocycles. The lowest BCUT2D eigenvalue weighted by Crippen LogP contribution is -2.48. The zero-order chi connectivity index (χ0) is 18.3. The molecule has 0 atom stereocenters. The molecule has 0 spiro atoms. The van der Waals surface area contributed by atoms with Crippen LogP contribution in [0.5, 0.6) is 0 Å². The third-order valence-electron chi connectivity index (χ3n) is 4.98. The topological polar surface area (TPSA) is 60.9 Å². The zero-order valence-electron chi connectivity index (χ0n) is 14.5. The molecule has 0 unspecified atom stereocenters. The molecule has 2 aliphatic heterocycles. The Kier molecular flexibility index (Phi) is 3.95. The van der Waals surface area contributed by atoms with Crippen LogP contribution in [0.1, 0.15) is 27.6 Å². The summed E-state index contributed by atoms with van der Waals surface area (Å²) in [6.45, 7) is 4.17. The Hall–Kier alpha value is -3.15. The minimum atomic E-state index is -0.291. The van der Waals surface area contributed by atoms with Crippen molar-refractivity contribution in [2.24, 2.45) is 0 Å². The standard InChI is InChI=1S/C20H19N3O3/c1-14(24)21-10-12-22(13-11-21)17-8-4-5-9-18(17)23-19(25)15-6-2-3-7-16(15)20(23)26/h2-9H,10-13H2,1H3. The SMILES string of the molecule is CC(=O)N1CCN(c2ccccc2N2C(=O)c3ccccc3C2=O)CC1. The third-order valence-corrected chi connectivity index (χ3v) is 4.98. The van der Waals surface area contributed by atoms with Gasteiger partial charge in [-0.15, -0.1) is 0 Å². The predicted molar refractivity (Wildman–Crippen MR) is 98.5 cm³/mol. The van der Waals surface area contributed by atoms with Crippen molar-refractivity contribution in [3.63, 3.8) is 0 Å². The zero-order valence-corrected chi connectivity index (χ0v) is 14.5. The molecule has 4 rings (SSSR count). The van der Waals surface area contributed by atoms with Crippen molar-refractivity contribution in [1.29, 1.82) is 0 Å². The van der Waals surface area contributed by atoms with Gasteiger partial charge in [-0.1, -0.05) is 24.3 Å². The number of amides is 3. The van der Waals surface area contributed by atoms with Crippen LogP contribution in [-0.2, 0) is 4.79 Å². The summed E-state index contributed by atoms with van der Waals surface area (Å²) in [6.07, 6.45) is 0. The number of carbonyl (C=O) groups excluding carboxylic acids is 3. The number of para-hydroxylation sites is 2. The van der Waals surface area contributed by atoms with Gasteiger partial charge in [0.25, 0.3) is 11.8 Å². The van der Waals surface area contributed by atoms with E-state index >= 15 is 0 Å². The molecule has 0 aromatic heterocycles. The smallest absolute Gasteiger partial charge is 0.266 e. The molecule has 0 aliphatic carbocycles. The number of imide groups is 1. The highest BCUT2D eigenvalue weighted by Crippen LogP contribution is 2.35. The number of carbonyl (C=O) groups is 3. The molecule has 0 N–H and O–H groups in total. The van der Waals surface area contributed by atoms with Gasteiger partial charge >= 0.3 is 0 Å². The lowest BCUT2D eigenvalue weighted by molar-refractivity contribution is -0.129. The molecule has 1 fully saturated rings. The number of anilines is 2. The summed E-state index contributed by atoms with van der Waals surface area (Å²) < 4.78 is 0. The maximum Gasteiger partial charge on any atom is 0.266 e. The van der Waals surface area contributed by atoms with E-state index in [2.05, 4.69) is 4.90 Å². The van der Waals surface area contributed by atoms with Crippen molar-refractivity contribution in [2.75, 3.05) is 36.0 Å². The number of rotatable bonds is 2. The van der Waals surface area contributed by atoms with E-state index in [1.54, 1.807) is 42.2 Å². The Morgan fingerprint density at radius 3 is 1.81 bits per heavy atom. The average molecular weight is 349 g/mol. The van der Waals surface area contributed by atoms with Crippen molar-refractivity contribution in [1.82, 2.24) is 4.90 Å². The van der Waals surface area contributed by atoms with Crippen LogP contribution < -0.4 is 9.80 Å². The van der Waals surface area contributed by atoms with Crippen molar-refractivity contribution in [3.8, 4) is 0 Å². The highest BCUT2D eigenvalue weighted by atomic mass is 16.2. The molecule has 6 nitrogen and oxygen atoms in total. The Labute approximate surface area is 151 Å². The number of hydrogen-bond donors (Lipinski definition) is 0. The van der Waals surface area contributed by atoms with Crippen LogP contribution in [0.15, 0.2) is 48.5 Å². The molecule has 0 saturated carbocycles. The van der Waals surface area contributed by atoms with Crippen LogP contribution in [0.3, 0.4) is 0 Å². The minimum absolute atomic E-state index is 0.0679. The lowest BCUT2D eigenvalue weighted by Gasteiger charge is -2.37. The van der Waals surface area contributed by atoms with Gasteiger partial charge in [0.1, 0.15) is 0 Å². The Balaban J connectivity index is 1.67. The second kappa shape index (κ2) is 6.29. The van der Waals surface area contributed by atoms with Crippen LogP contribution in [0.25, 0.3) is 0 Å². The molecule has 0 bridgehead atoms. The van der Waals surface area contributed by atoms with E-state index in [9.17, 15) is 14.4 Å². The van der Waals surface area contributed by atoms with Gasteiger partial charge in [-0.3, -0.25) is 14.4 Å². The van der Waals surface area contributed by atoms with Crippen LogP contribution in [0.4, 0.5) is 11.4 Å². The highest BCUT2D eigenvalue weighted by molar-refractivity contribution is 6.35. The molecule has 2 aliphatic rings. The minimum Gasteiger partial charge on any atom is -0.366 e. The van der Waals surface area contributed by atoms with Crippen LogP contribution >= 0.6 is 0 Å². The van der Waals surface area contributed by atoms with Crippen molar-refractivity contribution in [2.45, 2.75) is 6.92 Å². The van der Waals surface area contributed by atoms with Crippen molar-refractivity contribution >= 4 is 29.1 Å². The van der Waals surface area contributed by atoms with Crippen LogP contribution in [-0.4, -0.2) is 48.8 Å². The van der Waals surface area contributed by atoms with Gasteiger partial charge in [0, 0.05) is 33.1 Å². The number of nitrogens with zero attached hydrogens (tertiary/aromatic N) is 3. The van der Waals surface area contributed by atoms with Gasteiger partial charge in [0.05, 0.1) is 22.5 Å². The molecule has 26 heavy (non-hydrogen) atoms. The largest absolute Gasteiger partial charge is 0.366 e. The fraction of sp³-hybridized carbons (Fsp3) is 0.250. The summed E-state index contributed by atoms with van der Waals surface area (Å²) >= 11 is 0. The number of fused-ring (bicyclic) bond motifs is 1. The number of benzene rings is 2. The monoisotopic (exact) mass is 349 g/mol. The third kappa shape index (κ3) is 2.54. The number of piperazine rings is 1. The Morgan fingerprint density at radius 2 is 1.27 bits per heavy atom. The first-order valence-electron chi connectivity index (χ1n) is 8.65. The quantitative estimate of drug-likeness (QED) is 0.780. The van der Waals surface area contributed by atoms with Gasteiger partial charge in [-0.2, -0.15) is 0 Å². The molecular weight excluding hydrogens is 330 g/mol. The van der Waals surface area contributed by atoms with E-state index in [1.165, 1.54) is 4.90 Å². The summed E-state index contributed by atoms with van der Waals surface area (Å²) in [6, 6.07) is 14.3. The highest BCUT2D eigenvalue weighted by Gasteiger charge is 2.38. The van der Waals surface area contributed by atoms with E-state index in [4.69, 9.17) is 0 Å². The summed E-state index contributed by atoms with van der Waals surface area (Å²) in [7, 11) is 0. The van der Waals surface area contributed by atoms with E-state index in [0.717, 1.165) is 5.69 Å². The van der Waals surface area contributed by atoms with E-state index in [1.807, 2.05) is 18.2 Å². The van der Waals surface area contributed by atoms with E-state index < -0.39 is 0 Å². The van der Waals surface area contributed by atoms with Crippen molar-refractivity contribution < 1.29 is 14.4 Å². The van der Waals surface area contributed by atoms with Crippen LogP contribution in [0, 0.1) is 0 Å². The van der Waals surface area contributed by atoms with Gasteiger partial charge in [-0.05, 0) is 24.3 Å². The Morgan fingerprint density at radius 1 is 0.769 bits per heavy atom. The van der Waals surface area contributed by atoms with E-state index in [-0.39, 0.29) is 17.7 Å². The second-order valence-electron chi connectivity index (χ2n) is 6.47. The average Bonchev–Trinajstić information content (AvgIpc) is 2.93. The van der Waals surface area contributed by atoms with Gasteiger partial charge in [-0.25, -0.2) is 4.90 Å². The molecule has 132 valence electrons. The maximum absolute atomic E-state index is 12.8. The fourth-order valence-corrected chi connectivity index (χ4v) is 3.59. The molecule has 1 saturated heterocycles. The second-order valence-corrected chi connectivity index (χ2v) is 6.47. The van der Waals surface area contributed by atoms with Gasteiger partial charge < -0.3 is 9.80 Å². The molecule has 2 aromatic rings. The molecule has 0 radical (unpaired) electrons.